The summed E-state index contributed by atoms with van der Waals surface area (Å²) in [6, 6.07) is 7.08. The Kier molecular flexibility index (Phi) is 4.19. The minimum atomic E-state index is -0.176. The lowest BCUT2D eigenvalue weighted by Gasteiger charge is -2.28. The maximum Gasteiger partial charge on any atom is 0.123 e. The molecule has 0 bridgehead atoms. The highest BCUT2D eigenvalue weighted by atomic mass is 35.5. The summed E-state index contributed by atoms with van der Waals surface area (Å²) >= 11 is 6.24. The molecule has 0 heterocycles. The van der Waals surface area contributed by atoms with Gasteiger partial charge in [0.15, 0.2) is 0 Å². The summed E-state index contributed by atoms with van der Waals surface area (Å²) in [5.41, 5.74) is 0.981. The van der Waals surface area contributed by atoms with Crippen molar-refractivity contribution in [3.8, 4) is 0 Å². The van der Waals surface area contributed by atoms with E-state index in [9.17, 15) is 4.39 Å². The monoisotopic (exact) mass is 241 g/mol. The van der Waals surface area contributed by atoms with Gasteiger partial charge in [-0.05, 0) is 30.5 Å². The summed E-state index contributed by atoms with van der Waals surface area (Å²) in [4.78, 5) is 0. The molecule has 88 valence electrons. The Bertz CT molecular complexity index is 342. The van der Waals surface area contributed by atoms with E-state index < -0.39 is 0 Å². The Hall–Kier alpha value is -0.600. The maximum absolute atomic E-state index is 13.0. The molecule has 1 N–H and O–H groups in total. The molecule has 1 aromatic carbocycles. The molecule has 0 amide bonds. The third-order valence-corrected chi connectivity index (χ3v) is 3.66. The lowest BCUT2D eigenvalue weighted by atomic mass is 9.95. The molecule has 0 spiro atoms. The van der Waals surface area contributed by atoms with Crippen molar-refractivity contribution in [3.05, 3.63) is 35.6 Å². The summed E-state index contributed by atoms with van der Waals surface area (Å²) in [5, 5.41) is 3.64. The Balaban J connectivity index is 1.86. The minimum Gasteiger partial charge on any atom is -0.308 e. The third-order valence-electron chi connectivity index (χ3n) is 3.14. The molecule has 1 aromatic rings. The average Bonchev–Trinajstić information content (AvgIpc) is 2.28. The van der Waals surface area contributed by atoms with Crippen molar-refractivity contribution >= 4 is 11.6 Å². The number of hydrogen-bond donors (Lipinski definition) is 1. The van der Waals surface area contributed by atoms with E-state index in [2.05, 4.69) is 5.32 Å². The Labute approximate surface area is 101 Å². The van der Waals surface area contributed by atoms with E-state index >= 15 is 0 Å². The molecule has 2 atom stereocenters. The number of alkyl halides is 1. The molecule has 1 nitrogen and oxygen atoms in total. The second-order valence-corrected chi connectivity index (χ2v) is 4.98. The van der Waals surface area contributed by atoms with Gasteiger partial charge in [0.2, 0.25) is 0 Å². The highest BCUT2D eigenvalue weighted by Gasteiger charge is 2.22. The SMILES string of the molecule is Fc1cccc(CNC2CCCCC2Cl)c1. The van der Waals surface area contributed by atoms with E-state index in [0.717, 1.165) is 18.4 Å². The quantitative estimate of drug-likeness (QED) is 0.800. The van der Waals surface area contributed by atoms with Crippen LogP contribution in [0.4, 0.5) is 4.39 Å². The first kappa shape index (κ1) is 11.9. The summed E-state index contributed by atoms with van der Waals surface area (Å²) in [7, 11) is 0. The van der Waals surface area contributed by atoms with E-state index in [1.807, 2.05) is 6.07 Å². The molecule has 2 rings (SSSR count). The van der Waals surface area contributed by atoms with Gasteiger partial charge in [-0.15, -0.1) is 11.6 Å². The number of nitrogens with one attached hydrogen (secondary N) is 1. The topological polar surface area (TPSA) is 12.0 Å². The molecule has 1 aliphatic rings. The lowest BCUT2D eigenvalue weighted by molar-refractivity contribution is 0.378. The van der Waals surface area contributed by atoms with Gasteiger partial charge in [-0.25, -0.2) is 4.39 Å². The van der Waals surface area contributed by atoms with Gasteiger partial charge in [-0.2, -0.15) is 0 Å². The fraction of sp³-hybridized carbons (Fsp3) is 0.538. The van der Waals surface area contributed by atoms with Crippen LogP contribution < -0.4 is 5.32 Å². The van der Waals surface area contributed by atoms with E-state index in [0.29, 0.717) is 12.6 Å². The third kappa shape index (κ3) is 3.19. The van der Waals surface area contributed by atoms with Crippen LogP contribution in [-0.4, -0.2) is 11.4 Å². The molecule has 0 saturated heterocycles. The van der Waals surface area contributed by atoms with Crippen LogP contribution >= 0.6 is 11.6 Å². The van der Waals surface area contributed by atoms with E-state index in [-0.39, 0.29) is 11.2 Å². The Morgan fingerprint density at radius 3 is 2.88 bits per heavy atom. The van der Waals surface area contributed by atoms with Gasteiger partial charge in [-0.3, -0.25) is 0 Å². The van der Waals surface area contributed by atoms with Gasteiger partial charge in [0.25, 0.3) is 0 Å². The van der Waals surface area contributed by atoms with Crippen LogP contribution in [0.3, 0.4) is 0 Å². The van der Waals surface area contributed by atoms with Crippen LogP contribution in [0, 0.1) is 5.82 Å². The lowest BCUT2D eigenvalue weighted by Crippen LogP contribution is -2.38. The number of rotatable bonds is 3. The molecule has 1 saturated carbocycles. The van der Waals surface area contributed by atoms with E-state index in [1.54, 1.807) is 12.1 Å². The molecule has 0 aliphatic heterocycles. The van der Waals surface area contributed by atoms with Crippen molar-refractivity contribution in [2.75, 3.05) is 0 Å². The van der Waals surface area contributed by atoms with Gasteiger partial charge in [0, 0.05) is 18.0 Å². The Morgan fingerprint density at radius 1 is 1.31 bits per heavy atom. The van der Waals surface area contributed by atoms with E-state index in [1.165, 1.54) is 18.9 Å². The van der Waals surface area contributed by atoms with Crippen LogP contribution in [0.2, 0.25) is 0 Å². The van der Waals surface area contributed by atoms with Crippen LogP contribution in [0.5, 0.6) is 0 Å². The average molecular weight is 242 g/mol. The van der Waals surface area contributed by atoms with Crippen LogP contribution in [0.25, 0.3) is 0 Å². The minimum absolute atomic E-state index is 0.176. The zero-order valence-corrected chi connectivity index (χ0v) is 10.0. The van der Waals surface area contributed by atoms with Gasteiger partial charge in [-0.1, -0.05) is 25.0 Å². The van der Waals surface area contributed by atoms with Crippen LogP contribution in [-0.2, 0) is 6.54 Å². The predicted molar refractivity (Wildman–Crippen MR) is 65.1 cm³/mol. The first-order valence-electron chi connectivity index (χ1n) is 5.87. The fourth-order valence-corrected chi connectivity index (χ4v) is 2.58. The van der Waals surface area contributed by atoms with Gasteiger partial charge < -0.3 is 5.32 Å². The normalized spacial score (nSPS) is 25.6. The first-order valence-corrected chi connectivity index (χ1v) is 6.31. The van der Waals surface area contributed by atoms with Gasteiger partial charge >= 0.3 is 0 Å². The second kappa shape index (κ2) is 5.65. The standard InChI is InChI=1S/C13H17ClFN/c14-12-6-1-2-7-13(12)16-9-10-4-3-5-11(15)8-10/h3-5,8,12-13,16H,1-2,6-7,9H2. The number of halogens is 2. The Morgan fingerprint density at radius 2 is 2.12 bits per heavy atom. The number of hydrogen-bond acceptors (Lipinski definition) is 1. The first-order chi connectivity index (χ1) is 7.75. The molecule has 1 aliphatic carbocycles. The molecule has 1 fully saturated rings. The predicted octanol–water partition coefficient (Wildman–Crippen LogP) is 3.47. The molecule has 0 radical (unpaired) electrons. The highest BCUT2D eigenvalue weighted by molar-refractivity contribution is 6.21. The van der Waals surface area contributed by atoms with Crippen molar-refractivity contribution in [1.82, 2.24) is 5.32 Å². The highest BCUT2D eigenvalue weighted by Crippen LogP contribution is 2.23. The van der Waals surface area contributed by atoms with Crippen molar-refractivity contribution in [1.29, 1.82) is 0 Å². The molecule has 2 unspecified atom stereocenters. The van der Waals surface area contributed by atoms with Gasteiger partial charge in [0.1, 0.15) is 5.82 Å². The van der Waals surface area contributed by atoms with Crippen molar-refractivity contribution in [3.63, 3.8) is 0 Å². The van der Waals surface area contributed by atoms with Crippen LogP contribution in [0.1, 0.15) is 31.2 Å². The number of benzene rings is 1. The molecule has 3 heteroatoms. The molecular formula is C13H17ClFN. The summed E-state index contributed by atoms with van der Waals surface area (Å²) < 4.78 is 13.0. The molecule has 0 aromatic heterocycles. The smallest absolute Gasteiger partial charge is 0.123 e. The molecule has 16 heavy (non-hydrogen) atoms. The fourth-order valence-electron chi connectivity index (χ4n) is 2.21. The largest absolute Gasteiger partial charge is 0.308 e. The van der Waals surface area contributed by atoms with Crippen molar-refractivity contribution in [2.45, 2.75) is 43.6 Å². The summed E-state index contributed by atoms with van der Waals surface area (Å²) in [5.74, 6) is -0.176. The zero-order valence-electron chi connectivity index (χ0n) is 9.26. The summed E-state index contributed by atoms with van der Waals surface area (Å²) in [6.07, 6.45) is 4.68. The maximum atomic E-state index is 13.0. The zero-order chi connectivity index (χ0) is 11.4. The molecular weight excluding hydrogens is 225 g/mol. The van der Waals surface area contributed by atoms with Crippen molar-refractivity contribution in [2.24, 2.45) is 0 Å². The summed E-state index contributed by atoms with van der Waals surface area (Å²) in [6.45, 7) is 0.700. The van der Waals surface area contributed by atoms with Crippen LogP contribution in [0.15, 0.2) is 24.3 Å². The van der Waals surface area contributed by atoms with Gasteiger partial charge in [0.05, 0.1) is 0 Å². The van der Waals surface area contributed by atoms with E-state index in [4.69, 9.17) is 11.6 Å². The second-order valence-electron chi connectivity index (χ2n) is 4.42. The van der Waals surface area contributed by atoms with Crippen molar-refractivity contribution < 1.29 is 4.39 Å².